The minimum atomic E-state index is -0.0954. The van der Waals surface area contributed by atoms with Crippen molar-refractivity contribution in [2.24, 2.45) is 0 Å². The molecule has 0 bridgehead atoms. The molecule has 3 rings (SSSR count). The Hall–Kier alpha value is -2.63. The molecule has 1 aromatic carbocycles. The van der Waals surface area contributed by atoms with Crippen LogP contribution < -0.4 is 16.0 Å². The highest BCUT2D eigenvalue weighted by Crippen LogP contribution is 2.23. The molecule has 3 N–H and O–H groups in total. The topological polar surface area (TPSA) is 78.9 Å². The van der Waals surface area contributed by atoms with Gasteiger partial charge in [-0.25, -0.2) is 4.98 Å². The lowest BCUT2D eigenvalue weighted by atomic mass is 10.2. The molecule has 1 aliphatic carbocycles. The van der Waals surface area contributed by atoms with Gasteiger partial charge in [0.05, 0.1) is 0 Å². The van der Waals surface area contributed by atoms with Crippen molar-refractivity contribution in [3.8, 4) is 0 Å². The molecule has 1 aliphatic rings. The van der Waals surface area contributed by atoms with E-state index in [4.69, 9.17) is 0 Å². The Morgan fingerprint density at radius 2 is 1.88 bits per heavy atom. The normalized spacial score (nSPS) is 14.4. The van der Waals surface area contributed by atoms with Gasteiger partial charge in [0, 0.05) is 36.1 Å². The Morgan fingerprint density at radius 3 is 2.62 bits per heavy atom. The van der Waals surface area contributed by atoms with Crippen LogP contribution in [0.15, 0.2) is 30.3 Å². The molecule has 1 fully saturated rings. The highest BCUT2D eigenvalue weighted by molar-refractivity contribution is 5.89. The van der Waals surface area contributed by atoms with E-state index in [0.717, 1.165) is 22.9 Å². The summed E-state index contributed by atoms with van der Waals surface area (Å²) in [4.78, 5) is 20.2. The number of hydrogen-bond acceptors (Lipinski definition) is 5. The van der Waals surface area contributed by atoms with Crippen LogP contribution >= 0.6 is 0 Å². The van der Waals surface area contributed by atoms with Crippen molar-refractivity contribution >= 4 is 29.0 Å². The van der Waals surface area contributed by atoms with Gasteiger partial charge in [0.15, 0.2) is 0 Å². The van der Waals surface area contributed by atoms with Crippen LogP contribution in [0.3, 0.4) is 0 Å². The monoisotopic (exact) mass is 325 g/mol. The van der Waals surface area contributed by atoms with Gasteiger partial charge >= 0.3 is 0 Å². The summed E-state index contributed by atoms with van der Waals surface area (Å²) in [6, 6.07) is 9.98. The molecule has 2 aromatic rings. The second-order valence-electron chi connectivity index (χ2n) is 6.23. The molecule has 0 aliphatic heterocycles. The second kappa shape index (κ2) is 7.29. The van der Waals surface area contributed by atoms with Gasteiger partial charge in [-0.1, -0.05) is 18.9 Å². The number of carbonyl (C=O) groups excluding carboxylic acids is 1. The van der Waals surface area contributed by atoms with Gasteiger partial charge in [0.2, 0.25) is 11.9 Å². The number of aromatic nitrogens is 2. The molecule has 0 atom stereocenters. The average Bonchev–Trinajstić information content (AvgIpc) is 2.99. The Bertz CT molecular complexity index is 725. The third kappa shape index (κ3) is 4.44. The van der Waals surface area contributed by atoms with E-state index in [2.05, 4.69) is 25.9 Å². The largest absolute Gasteiger partial charge is 0.367 e. The van der Waals surface area contributed by atoms with Crippen LogP contribution in [0.25, 0.3) is 0 Å². The zero-order valence-electron chi connectivity index (χ0n) is 14.1. The number of aryl methyl sites for hydroxylation is 1. The van der Waals surface area contributed by atoms with E-state index < -0.39 is 0 Å². The van der Waals surface area contributed by atoms with E-state index in [1.165, 1.54) is 32.6 Å². The predicted octanol–water partition coefficient (Wildman–Crippen LogP) is 3.84. The van der Waals surface area contributed by atoms with E-state index in [0.29, 0.717) is 12.0 Å². The lowest BCUT2D eigenvalue weighted by Gasteiger charge is -2.14. The zero-order valence-corrected chi connectivity index (χ0v) is 14.1. The van der Waals surface area contributed by atoms with Crippen LogP contribution in [0.5, 0.6) is 0 Å². The first-order valence-corrected chi connectivity index (χ1v) is 8.35. The summed E-state index contributed by atoms with van der Waals surface area (Å²) in [5.41, 5.74) is 2.48. The molecule has 0 spiro atoms. The number of nitrogens with one attached hydrogen (secondary N) is 3. The van der Waals surface area contributed by atoms with Crippen LogP contribution in [-0.4, -0.2) is 21.9 Å². The number of benzene rings is 1. The number of nitrogens with zero attached hydrogens (tertiary/aromatic N) is 2. The van der Waals surface area contributed by atoms with Crippen LogP contribution in [0.4, 0.5) is 23.1 Å². The number of rotatable bonds is 5. The predicted molar refractivity (Wildman–Crippen MR) is 96.7 cm³/mol. The van der Waals surface area contributed by atoms with E-state index in [9.17, 15) is 4.79 Å². The summed E-state index contributed by atoms with van der Waals surface area (Å²) in [5.74, 6) is 1.31. The van der Waals surface area contributed by atoms with Crippen LogP contribution in [-0.2, 0) is 4.79 Å². The molecular weight excluding hydrogens is 302 g/mol. The summed E-state index contributed by atoms with van der Waals surface area (Å²) in [7, 11) is 0. The molecule has 6 heteroatoms. The fourth-order valence-corrected chi connectivity index (χ4v) is 2.98. The van der Waals surface area contributed by atoms with Crippen molar-refractivity contribution in [3.05, 3.63) is 36.0 Å². The molecule has 1 aromatic heterocycles. The molecule has 1 saturated carbocycles. The van der Waals surface area contributed by atoms with Crippen LogP contribution in [0, 0.1) is 6.92 Å². The van der Waals surface area contributed by atoms with Crippen molar-refractivity contribution in [2.75, 3.05) is 16.0 Å². The van der Waals surface area contributed by atoms with E-state index in [1.807, 2.05) is 37.3 Å². The summed E-state index contributed by atoms with van der Waals surface area (Å²) < 4.78 is 0. The molecule has 6 nitrogen and oxygen atoms in total. The highest BCUT2D eigenvalue weighted by atomic mass is 16.1. The van der Waals surface area contributed by atoms with Gasteiger partial charge in [0.1, 0.15) is 5.82 Å². The number of anilines is 4. The summed E-state index contributed by atoms with van der Waals surface area (Å²) in [6.07, 6.45) is 4.96. The first kappa shape index (κ1) is 16.2. The molecule has 126 valence electrons. The quantitative estimate of drug-likeness (QED) is 0.778. The summed E-state index contributed by atoms with van der Waals surface area (Å²) in [5, 5.41) is 9.48. The number of hydrogen-bond donors (Lipinski definition) is 3. The molecule has 1 amide bonds. The number of carbonyl (C=O) groups is 1. The minimum absolute atomic E-state index is 0.0954. The Labute approximate surface area is 142 Å². The van der Waals surface area contributed by atoms with E-state index >= 15 is 0 Å². The maximum atomic E-state index is 11.2. The second-order valence-corrected chi connectivity index (χ2v) is 6.23. The number of amides is 1. The smallest absolute Gasteiger partial charge is 0.229 e. The van der Waals surface area contributed by atoms with Crippen LogP contribution in [0.1, 0.15) is 38.3 Å². The average molecular weight is 325 g/mol. The SMILES string of the molecule is CC(=O)Nc1cccc(Nc2nc(C)cc(NC3CCCC3)n2)c1. The van der Waals surface area contributed by atoms with Crippen molar-refractivity contribution in [1.82, 2.24) is 9.97 Å². The third-order valence-corrected chi connectivity index (χ3v) is 4.00. The van der Waals surface area contributed by atoms with Crippen molar-refractivity contribution < 1.29 is 4.79 Å². The first-order valence-electron chi connectivity index (χ1n) is 8.35. The van der Waals surface area contributed by atoms with Crippen molar-refractivity contribution in [3.63, 3.8) is 0 Å². The highest BCUT2D eigenvalue weighted by Gasteiger charge is 2.15. The van der Waals surface area contributed by atoms with E-state index in [-0.39, 0.29) is 5.91 Å². The third-order valence-electron chi connectivity index (χ3n) is 4.00. The van der Waals surface area contributed by atoms with Crippen LogP contribution in [0.2, 0.25) is 0 Å². The molecule has 0 saturated heterocycles. The first-order chi connectivity index (χ1) is 11.6. The van der Waals surface area contributed by atoms with Gasteiger partial charge < -0.3 is 16.0 Å². The molecule has 24 heavy (non-hydrogen) atoms. The van der Waals surface area contributed by atoms with Gasteiger partial charge in [-0.05, 0) is 38.0 Å². The van der Waals surface area contributed by atoms with Crippen molar-refractivity contribution in [1.29, 1.82) is 0 Å². The maximum Gasteiger partial charge on any atom is 0.229 e. The lowest BCUT2D eigenvalue weighted by molar-refractivity contribution is -0.114. The molecule has 0 radical (unpaired) electrons. The fraction of sp³-hybridized carbons (Fsp3) is 0.389. The van der Waals surface area contributed by atoms with Gasteiger partial charge in [-0.15, -0.1) is 0 Å². The zero-order chi connectivity index (χ0) is 16.9. The summed E-state index contributed by atoms with van der Waals surface area (Å²) >= 11 is 0. The molecule has 0 unspecified atom stereocenters. The lowest BCUT2D eigenvalue weighted by Crippen LogP contribution is -2.16. The van der Waals surface area contributed by atoms with Gasteiger partial charge in [0.25, 0.3) is 0 Å². The molecular formula is C18H23N5O. The minimum Gasteiger partial charge on any atom is -0.367 e. The molecule has 1 heterocycles. The Balaban J connectivity index is 1.74. The van der Waals surface area contributed by atoms with Gasteiger partial charge in [-0.2, -0.15) is 4.98 Å². The Morgan fingerprint density at radius 1 is 1.12 bits per heavy atom. The fourth-order valence-electron chi connectivity index (χ4n) is 2.98. The maximum absolute atomic E-state index is 11.2. The standard InChI is InChI=1S/C18H23N5O/c1-12-10-17(21-14-6-3-4-7-14)23-18(19-12)22-16-9-5-8-15(11-16)20-13(2)24/h5,8-11,14H,3-4,6-7H2,1-2H3,(H,20,24)(H2,19,21,22,23). The van der Waals surface area contributed by atoms with E-state index in [1.54, 1.807) is 0 Å². The Kier molecular flexibility index (Phi) is 4.93. The van der Waals surface area contributed by atoms with Gasteiger partial charge in [-0.3, -0.25) is 4.79 Å². The van der Waals surface area contributed by atoms with Crippen molar-refractivity contribution in [2.45, 2.75) is 45.6 Å². The summed E-state index contributed by atoms with van der Waals surface area (Å²) in [6.45, 7) is 3.45.